The van der Waals surface area contributed by atoms with Gasteiger partial charge in [0, 0.05) is 11.3 Å². The Bertz CT molecular complexity index is 1640. The first-order chi connectivity index (χ1) is 20.5. The summed E-state index contributed by atoms with van der Waals surface area (Å²) in [7, 11) is 0. The Morgan fingerprint density at radius 1 is 0.837 bits per heavy atom. The zero-order valence-corrected chi connectivity index (χ0v) is 22.8. The monoisotopic (exact) mass is 591 g/mol. The van der Waals surface area contributed by atoms with Gasteiger partial charge in [-0.3, -0.25) is 10.2 Å². The number of ether oxygens (including phenoxy) is 2. The van der Waals surface area contributed by atoms with E-state index in [2.05, 4.69) is 10.1 Å². The molecule has 0 fully saturated rings. The number of unbranched alkanes of at least 4 members (excludes halogenated alkanes) is 1. The normalized spacial score (nSPS) is 11.9. The maximum absolute atomic E-state index is 13.4. The minimum Gasteiger partial charge on any atom is -0.481 e. The Morgan fingerprint density at radius 3 is 2.28 bits per heavy atom. The van der Waals surface area contributed by atoms with E-state index >= 15 is 0 Å². The van der Waals surface area contributed by atoms with Crippen molar-refractivity contribution in [3.63, 3.8) is 0 Å². The predicted molar refractivity (Wildman–Crippen MR) is 155 cm³/mol. The van der Waals surface area contributed by atoms with Gasteiger partial charge in [0.1, 0.15) is 11.6 Å². The molecule has 0 bridgehead atoms. The molecular weight excluding hydrogens is 563 g/mol. The van der Waals surface area contributed by atoms with Crippen LogP contribution in [0.2, 0.25) is 0 Å². The second kappa shape index (κ2) is 13.6. The van der Waals surface area contributed by atoms with Gasteiger partial charge < -0.3 is 20.5 Å². The fourth-order valence-corrected chi connectivity index (χ4v) is 4.32. The molecule has 0 aliphatic heterocycles. The van der Waals surface area contributed by atoms with Gasteiger partial charge in [0.2, 0.25) is 0 Å². The van der Waals surface area contributed by atoms with E-state index < -0.39 is 30.1 Å². The molecule has 8 nitrogen and oxygen atoms in total. The van der Waals surface area contributed by atoms with E-state index in [1.807, 2.05) is 30.3 Å². The molecule has 0 heterocycles. The van der Waals surface area contributed by atoms with Crippen LogP contribution in [-0.4, -0.2) is 36.0 Å². The topological polar surface area (TPSA) is 132 Å². The van der Waals surface area contributed by atoms with Crippen molar-refractivity contribution in [1.82, 2.24) is 0 Å². The van der Waals surface area contributed by atoms with Gasteiger partial charge in [-0.05, 0) is 78.4 Å². The van der Waals surface area contributed by atoms with Crippen LogP contribution in [0.25, 0.3) is 10.8 Å². The first-order valence-corrected chi connectivity index (χ1v) is 13.3. The van der Waals surface area contributed by atoms with Crippen LogP contribution in [0, 0.1) is 5.41 Å². The molecule has 0 aliphatic rings. The fourth-order valence-electron chi connectivity index (χ4n) is 4.32. The summed E-state index contributed by atoms with van der Waals surface area (Å²) in [6, 6.07) is 25.5. The van der Waals surface area contributed by atoms with Crippen LogP contribution >= 0.6 is 0 Å². The van der Waals surface area contributed by atoms with Gasteiger partial charge in [-0.1, -0.05) is 54.6 Å². The average molecular weight is 592 g/mol. The lowest BCUT2D eigenvalue weighted by atomic mass is 10.0. The standard InChI is InChI=1S/C32H28F3N3O5/c33-32(34,35)31(41)43-30(40)24-10-6-11-25(18-24)38-29(39)27(12-5-4-9-20-7-2-1-3-8-20)42-26-16-15-21-17-23(28(36)37)14-13-22(21)19-26/h1-3,6-8,10-11,13-19,27H,4-5,9,12H2,(H3,36,37)(H,38,39). The molecule has 0 aromatic heterocycles. The second-order valence-corrected chi connectivity index (χ2v) is 9.72. The first kappa shape index (κ1) is 30.8. The molecule has 0 radical (unpaired) electrons. The lowest BCUT2D eigenvalue weighted by Gasteiger charge is -2.19. The number of fused-ring (bicyclic) bond motifs is 1. The van der Waals surface area contributed by atoms with E-state index in [0.29, 0.717) is 24.2 Å². The maximum Gasteiger partial charge on any atom is 0.491 e. The molecule has 0 saturated heterocycles. The molecule has 1 amide bonds. The summed E-state index contributed by atoms with van der Waals surface area (Å²) < 4.78 is 47.5. The molecule has 1 atom stereocenters. The number of hydrogen-bond acceptors (Lipinski definition) is 6. The van der Waals surface area contributed by atoms with Crippen molar-refractivity contribution >= 4 is 40.1 Å². The lowest BCUT2D eigenvalue weighted by Crippen LogP contribution is -2.33. The molecule has 4 aromatic carbocycles. The third-order valence-corrected chi connectivity index (χ3v) is 6.50. The van der Waals surface area contributed by atoms with E-state index in [1.54, 1.807) is 36.4 Å². The minimum atomic E-state index is -5.33. The molecule has 4 aromatic rings. The highest BCUT2D eigenvalue weighted by molar-refractivity contribution is 6.01. The van der Waals surface area contributed by atoms with E-state index in [9.17, 15) is 27.6 Å². The number of carbonyl (C=O) groups excluding carboxylic acids is 3. The molecular formula is C32H28F3N3O5. The number of carbonyl (C=O) groups is 3. The summed E-state index contributed by atoms with van der Waals surface area (Å²) in [5.74, 6) is -4.31. The fraction of sp³-hybridized carbons (Fsp3) is 0.188. The number of halogens is 3. The average Bonchev–Trinajstić information content (AvgIpc) is 2.98. The van der Waals surface area contributed by atoms with Gasteiger partial charge in [0.25, 0.3) is 5.91 Å². The molecule has 0 spiro atoms. The molecule has 222 valence electrons. The summed E-state index contributed by atoms with van der Waals surface area (Å²) in [5.41, 5.74) is 7.08. The highest BCUT2D eigenvalue weighted by Crippen LogP contribution is 2.25. The minimum absolute atomic E-state index is 0.0567. The summed E-state index contributed by atoms with van der Waals surface area (Å²) in [4.78, 5) is 36.5. The van der Waals surface area contributed by atoms with Crippen molar-refractivity contribution in [2.75, 3.05) is 5.32 Å². The molecule has 4 N–H and O–H groups in total. The molecule has 11 heteroatoms. The van der Waals surface area contributed by atoms with Crippen LogP contribution in [-0.2, 0) is 20.7 Å². The first-order valence-electron chi connectivity index (χ1n) is 13.3. The zero-order valence-electron chi connectivity index (χ0n) is 22.8. The van der Waals surface area contributed by atoms with Crippen LogP contribution in [0.3, 0.4) is 0 Å². The number of alkyl halides is 3. The number of hydrogen-bond donors (Lipinski definition) is 3. The van der Waals surface area contributed by atoms with Crippen LogP contribution in [0.15, 0.2) is 91.0 Å². The largest absolute Gasteiger partial charge is 0.491 e. The lowest BCUT2D eigenvalue weighted by molar-refractivity contribution is -0.193. The highest BCUT2D eigenvalue weighted by Gasteiger charge is 2.42. The summed E-state index contributed by atoms with van der Waals surface area (Å²) >= 11 is 0. The number of aryl methyl sites for hydroxylation is 1. The number of nitrogens with two attached hydrogens (primary N) is 1. The number of nitrogens with one attached hydrogen (secondary N) is 2. The Labute approximate surface area is 245 Å². The molecule has 0 aliphatic carbocycles. The van der Waals surface area contributed by atoms with E-state index in [1.165, 1.54) is 12.1 Å². The van der Waals surface area contributed by atoms with Gasteiger partial charge in [-0.15, -0.1) is 0 Å². The van der Waals surface area contributed by atoms with Gasteiger partial charge >= 0.3 is 18.1 Å². The summed E-state index contributed by atoms with van der Waals surface area (Å²) in [6.45, 7) is 0. The predicted octanol–water partition coefficient (Wildman–Crippen LogP) is 6.17. The van der Waals surface area contributed by atoms with E-state index in [-0.39, 0.29) is 17.1 Å². The zero-order chi connectivity index (χ0) is 31.0. The van der Waals surface area contributed by atoms with E-state index in [0.717, 1.165) is 41.3 Å². The van der Waals surface area contributed by atoms with Crippen molar-refractivity contribution < 1.29 is 37.0 Å². The third kappa shape index (κ3) is 8.65. The Balaban J connectivity index is 1.49. The number of anilines is 1. The quantitative estimate of drug-likeness (QED) is 0.0629. The number of amidine groups is 1. The Morgan fingerprint density at radius 2 is 1.56 bits per heavy atom. The number of rotatable bonds is 11. The number of amides is 1. The van der Waals surface area contributed by atoms with Gasteiger partial charge in [-0.25, -0.2) is 9.59 Å². The van der Waals surface area contributed by atoms with Crippen molar-refractivity contribution in [2.24, 2.45) is 5.73 Å². The van der Waals surface area contributed by atoms with Crippen LogP contribution in [0.1, 0.15) is 40.7 Å². The van der Waals surface area contributed by atoms with Crippen molar-refractivity contribution in [1.29, 1.82) is 5.41 Å². The van der Waals surface area contributed by atoms with Crippen molar-refractivity contribution in [3.05, 3.63) is 108 Å². The number of esters is 2. The van der Waals surface area contributed by atoms with Crippen LogP contribution in [0.4, 0.5) is 18.9 Å². The van der Waals surface area contributed by atoms with E-state index in [4.69, 9.17) is 15.9 Å². The third-order valence-electron chi connectivity index (χ3n) is 6.50. The number of benzene rings is 4. The molecule has 0 saturated carbocycles. The molecule has 1 unspecified atom stereocenters. The SMILES string of the molecule is N=C(N)c1ccc2cc(OC(CCCCc3ccccc3)C(=O)Nc3cccc(C(=O)OC(=O)C(F)(F)F)c3)ccc2c1. The smallest absolute Gasteiger partial charge is 0.481 e. The van der Waals surface area contributed by atoms with Crippen molar-refractivity contribution in [3.8, 4) is 5.75 Å². The Kier molecular flexibility index (Phi) is 9.76. The van der Waals surface area contributed by atoms with Crippen LogP contribution < -0.4 is 15.8 Å². The highest BCUT2D eigenvalue weighted by atomic mass is 19.4. The number of nitrogen functional groups attached to an aromatic ring is 1. The summed E-state index contributed by atoms with van der Waals surface area (Å²) in [6.07, 6.45) is -3.68. The van der Waals surface area contributed by atoms with Gasteiger partial charge in [-0.2, -0.15) is 13.2 Å². The van der Waals surface area contributed by atoms with Crippen LogP contribution in [0.5, 0.6) is 5.75 Å². The Hall–Kier alpha value is -5.19. The summed E-state index contributed by atoms with van der Waals surface area (Å²) in [5, 5.41) is 11.9. The van der Waals surface area contributed by atoms with Gasteiger partial charge in [0.05, 0.1) is 5.56 Å². The molecule has 4 rings (SSSR count). The second-order valence-electron chi connectivity index (χ2n) is 9.72. The molecule has 43 heavy (non-hydrogen) atoms. The maximum atomic E-state index is 13.4. The van der Waals surface area contributed by atoms with Crippen molar-refractivity contribution in [2.45, 2.75) is 38.0 Å². The van der Waals surface area contributed by atoms with Gasteiger partial charge in [0.15, 0.2) is 6.10 Å².